The summed E-state index contributed by atoms with van der Waals surface area (Å²) >= 11 is 0. The van der Waals surface area contributed by atoms with Crippen LogP contribution in [0.3, 0.4) is 0 Å². The molecule has 0 spiro atoms. The maximum Gasteiger partial charge on any atom is 0.0964 e. The van der Waals surface area contributed by atoms with Crippen LogP contribution in [0.5, 0.6) is 0 Å². The van der Waals surface area contributed by atoms with Crippen molar-refractivity contribution in [3.63, 3.8) is 0 Å². The third-order valence-corrected chi connectivity index (χ3v) is 3.19. The summed E-state index contributed by atoms with van der Waals surface area (Å²) in [5.74, 6) is 0.650. The number of furan rings is 1. The van der Waals surface area contributed by atoms with Crippen molar-refractivity contribution >= 4 is 0 Å². The van der Waals surface area contributed by atoms with E-state index in [1.54, 1.807) is 12.5 Å². The average molecular weight is 291 g/mol. The third-order valence-electron chi connectivity index (χ3n) is 3.19. The first kappa shape index (κ1) is 15.7. The number of nitrogens with one attached hydrogen (secondary N) is 1. The van der Waals surface area contributed by atoms with Crippen molar-refractivity contribution in [2.75, 3.05) is 20.1 Å². The normalized spacial score (nSPS) is 11.7. The van der Waals surface area contributed by atoms with E-state index in [9.17, 15) is 0 Å². The third kappa shape index (κ3) is 5.69. The van der Waals surface area contributed by atoms with Gasteiger partial charge in [-0.25, -0.2) is 0 Å². The minimum atomic E-state index is 0.650. The molecule has 0 fully saturated rings. The van der Waals surface area contributed by atoms with Crippen molar-refractivity contribution in [3.8, 4) is 0 Å². The zero-order valence-electron chi connectivity index (χ0n) is 13.1. The van der Waals surface area contributed by atoms with Gasteiger partial charge < -0.3 is 14.6 Å². The molecule has 0 radical (unpaired) electrons. The Morgan fingerprint density at radius 2 is 2.29 bits per heavy atom. The van der Waals surface area contributed by atoms with E-state index < -0.39 is 0 Å². The minimum absolute atomic E-state index is 0.650. The second-order valence-electron chi connectivity index (χ2n) is 5.87. The molecule has 2 aromatic rings. The molecule has 0 aliphatic heterocycles. The molecule has 0 aliphatic carbocycles. The summed E-state index contributed by atoms with van der Waals surface area (Å²) in [5.41, 5.74) is 2.18. The van der Waals surface area contributed by atoms with Gasteiger partial charge in [0.05, 0.1) is 24.8 Å². The fourth-order valence-corrected chi connectivity index (χ4v) is 2.06. The van der Waals surface area contributed by atoms with Crippen LogP contribution in [-0.2, 0) is 19.6 Å². The molecule has 0 atom stereocenters. The van der Waals surface area contributed by atoms with Crippen molar-refractivity contribution < 1.29 is 4.42 Å². The van der Waals surface area contributed by atoms with Crippen molar-refractivity contribution in [3.05, 3.63) is 36.0 Å². The molecule has 0 saturated heterocycles. The summed E-state index contributed by atoms with van der Waals surface area (Å²) in [6, 6.07) is 1.99. The van der Waals surface area contributed by atoms with Crippen LogP contribution in [0.15, 0.2) is 29.2 Å². The van der Waals surface area contributed by atoms with Gasteiger partial charge in [0.15, 0.2) is 0 Å². The maximum absolute atomic E-state index is 5.07. The SMILES string of the molecule is CC(C)CNCc1cn(CCN(C)Cc2ccoc2)nn1. The van der Waals surface area contributed by atoms with E-state index in [2.05, 4.69) is 41.4 Å². The van der Waals surface area contributed by atoms with Crippen LogP contribution < -0.4 is 5.32 Å². The highest BCUT2D eigenvalue weighted by atomic mass is 16.3. The number of rotatable bonds is 9. The van der Waals surface area contributed by atoms with Crippen LogP contribution in [0, 0.1) is 5.92 Å². The smallest absolute Gasteiger partial charge is 0.0964 e. The minimum Gasteiger partial charge on any atom is -0.472 e. The van der Waals surface area contributed by atoms with Gasteiger partial charge in [-0.2, -0.15) is 0 Å². The van der Waals surface area contributed by atoms with Crippen LogP contribution in [0.1, 0.15) is 25.1 Å². The molecule has 2 aromatic heterocycles. The number of nitrogens with zero attached hydrogens (tertiary/aromatic N) is 4. The second kappa shape index (κ2) is 7.95. The van der Waals surface area contributed by atoms with Gasteiger partial charge in [-0.1, -0.05) is 19.1 Å². The summed E-state index contributed by atoms with van der Waals surface area (Å²) in [6.45, 7) is 8.82. The van der Waals surface area contributed by atoms with Crippen molar-refractivity contribution in [1.82, 2.24) is 25.2 Å². The van der Waals surface area contributed by atoms with Gasteiger partial charge >= 0.3 is 0 Å². The Hall–Kier alpha value is -1.66. The van der Waals surface area contributed by atoms with Crippen LogP contribution >= 0.6 is 0 Å². The van der Waals surface area contributed by atoms with Crippen molar-refractivity contribution in [1.29, 1.82) is 0 Å². The summed E-state index contributed by atoms with van der Waals surface area (Å²) in [6.07, 6.45) is 5.50. The molecule has 0 aromatic carbocycles. The Morgan fingerprint density at radius 3 is 3.00 bits per heavy atom. The van der Waals surface area contributed by atoms with Gasteiger partial charge in [-0.05, 0) is 25.6 Å². The Morgan fingerprint density at radius 1 is 1.43 bits per heavy atom. The molecule has 0 unspecified atom stereocenters. The zero-order valence-corrected chi connectivity index (χ0v) is 13.1. The first-order valence-electron chi connectivity index (χ1n) is 7.43. The van der Waals surface area contributed by atoms with Gasteiger partial charge in [-0.3, -0.25) is 4.68 Å². The fraction of sp³-hybridized carbons (Fsp3) is 0.600. The highest BCUT2D eigenvalue weighted by Gasteiger charge is 2.04. The molecule has 2 rings (SSSR count). The first-order chi connectivity index (χ1) is 10.1. The Balaban J connectivity index is 1.69. The molecule has 6 nitrogen and oxygen atoms in total. The van der Waals surface area contributed by atoms with E-state index in [1.165, 1.54) is 5.56 Å². The lowest BCUT2D eigenvalue weighted by Crippen LogP contribution is -2.23. The molecule has 0 saturated carbocycles. The van der Waals surface area contributed by atoms with Crippen LogP contribution in [0.25, 0.3) is 0 Å². The molecule has 0 bridgehead atoms. The molecule has 0 aliphatic rings. The number of likely N-dealkylation sites (N-methyl/N-ethyl adjacent to an activating group) is 1. The van der Waals surface area contributed by atoms with E-state index in [0.717, 1.165) is 38.4 Å². The fourth-order valence-electron chi connectivity index (χ4n) is 2.06. The quantitative estimate of drug-likeness (QED) is 0.763. The Labute approximate surface area is 126 Å². The molecule has 0 amide bonds. The molecule has 116 valence electrons. The zero-order chi connectivity index (χ0) is 15.1. The molecule has 2 heterocycles. The van der Waals surface area contributed by atoms with Gasteiger partial charge in [0.2, 0.25) is 0 Å². The molecule has 21 heavy (non-hydrogen) atoms. The number of hydrogen-bond acceptors (Lipinski definition) is 5. The van der Waals surface area contributed by atoms with E-state index in [1.807, 2.05) is 16.9 Å². The van der Waals surface area contributed by atoms with Crippen LogP contribution in [0.4, 0.5) is 0 Å². The summed E-state index contributed by atoms with van der Waals surface area (Å²) in [5, 5.41) is 11.7. The number of hydrogen-bond donors (Lipinski definition) is 1. The summed E-state index contributed by atoms with van der Waals surface area (Å²) in [4.78, 5) is 2.24. The summed E-state index contributed by atoms with van der Waals surface area (Å²) in [7, 11) is 2.09. The highest BCUT2D eigenvalue weighted by Crippen LogP contribution is 2.03. The number of aromatic nitrogens is 3. The summed E-state index contributed by atoms with van der Waals surface area (Å²) < 4.78 is 6.98. The standard InChI is InChI=1S/C15H25N5O/c1-13(2)8-16-9-15-11-20(18-17-15)6-5-19(3)10-14-4-7-21-12-14/h4,7,11-13,16H,5-6,8-10H2,1-3H3. The van der Waals surface area contributed by atoms with Gasteiger partial charge in [0.25, 0.3) is 0 Å². The Bertz CT molecular complexity index is 506. The lowest BCUT2D eigenvalue weighted by molar-refractivity contribution is 0.303. The predicted molar refractivity (Wildman–Crippen MR) is 81.6 cm³/mol. The largest absolute Gasteiger partial charge is 0.472 e. The monoisotopic (exact) mass is 291 g/mol. The van der Waals surface area contributed by atoms with Crippen LogP contribution in [-0.4, -0.2) is 40.0 Å². The lowest BCUT2D eigenvalue weighted by atomic mass is 10.2. The molecule has 6 heteroatoms. The van der Waals surface area contributed by atoms with Crippen molar-refractivity contribution in [2.45, 2.75) is 33.5 Å². The molecular formula is C15H25N5O. The average Bonchev–Trinajstić information content (AvgIpc) is 3.07. The lowest BCUT2D eigenvalue weighted by Gasteiger charge is -2.14. The topological polar surface area (TPSA) is 59.1 Å². The second-order valence-corrected chi connectivity index (χ2v) is 5.87. The van der Waals surface area contributed by atoms with E-state index in [-0.39, 0.29) is 0 Å². The van der Waals surface area contributed by atoms with Gasteiger partial charge in [0.1, 0.15) is 0 Å². The van der Waals surface area contributed by atoms with E-state index in [0.29, 0.717) is 5.92 Å². The van der Waals surface area contributed by atoms with Gasteiger partial charge in [-0.15, -0.1) is 5.10 Å². The van der Waals surface area contributed by atoms with E-state index in [4.69, 9.17) is 4.42 Å². The Kier molecular flexibility index (Phi) is 5.95. The molecular weight excluding hydrogens is 266 g/mol. The van der Waals surface area contributed by atoms with E-state index >= 15 is 0 Å². The van der Waals surface area contributed by atoms with Crippen LogP contribution in [0.2, 0.25) is 0 Å². The maximum atomic E-state index is 5.07. The van der Waals surface area contributed by atoms with Gasteiger partial charge in [0, 0.05) is 31.4 Å². The first-order valence-corrected chi connectivity index (χ1v) is 7.43. The highest BCUT2D eigenvalue weighted by molar-refractivity contribution is 5.04. The molecule has 1 N–H and O–H groups in total. The predicted octanol–water partition coefficient (Wildman–Crippen LogP) is 1.75. The van der Waals surface area contributed by atoms with Crippen molar-refractivity contribution in [2.24, 2.45) is 5.92 Å².